The summed E-state index contributed by atoms with van der Waals surface area (Å²) in [6.07, 6.45) is 7.65. The lowest BCUT2D eigenvalue weighted by atomic mass is 9.39. The van der Waals surface area contributed by atoms with Gasteiger partial charge in [0.1, 0.15) is 5.75 Å². The summed E-state index contributed by atoms with van der Waals surface area (Å²) in [6, 6.07) is 4.70. The summed E-state index contributed by atoms with van der Waals surface area (Å²) < 4.78 is 0. The SMILES string of the molecule is C[C@H]1CC[C@]2(C)[C@@H](CC[C@@]3(C)[C@H]2CC[C@]3(C)CO)[C@@]1(C)Cc1cc(C(=O)O)ccc1O. The average Bonchev–Trinajstić information content (AvgIpc) is 2.99. The number of phenols is 1. The van der Waals surface area contributed by atoms with E-state index < -0.39 is 5.97 Å². The summed E-state index contributed by atoms with van der Waals surface area (Å²) in [5.74, 6) is 0.890. The van der Waals surface area contributed by atoms with Gasteiger partial charge in [0.2, 0.25) is 0 Å². The van der Waals surface area contributed by atoms with Gasteiger partial charge < -0.3 is 15.3 Å². The first-order chi connectivity index (χ1) is 14.4. The second kappa shape index (κ2) is 7.23. The van der Waals surface area contributed by atoms with E-state index >= 15 is 0 Å². The van der Waals surface area contributed by atoms with Crippen LogP contribution >= 0.6 is 0 Å². The minimum absolute atomic E-state index is 0.000795. The van der Waals surface area contributed by atoms with E-state index in [0.717, 1.165) is 31.2 Å². The normalized spacial score (nSPS) is 44.5. The van der Waals surface area contributed by atoms with Crippen molar-refractivity contribution in [1.82, 2.24) is 0 Å². The zero-order valence-electron chi connectivity index (χ0n) is 19.9. The van der Waals surface area contributed by atoms with Crippen molar-refractivity contribution in [2.45, 2.75) is 79.6 Å². The lowest BCUT2D eigenvalue weighted by Crippen LogP contribution is -2.59. The van der Waals surface area contributed by atoms with Crippen LogP contribution in [0.3, 0.4) is 0 Å². The van der Waals surface area contributed by atoms with Crippen LogP contribution in [-0.4, -0.2) is 27.9 Å². The van der Waals surface area contributed by atoms with E-state index in [1.54, 1.807) is 6.07 Å². The Morgan fingerprint density at radius 3 is 2.35 bits per heavy atom. The molecule has 0 radical (unpaired) electrons. The van der Waals surface area contributed by atoms with Crippen molar-refractivity contribution in [3.8, 4) is 5.75 Å². The van der Waals surface area contributed by atoms with Gasteiger partial charge in [-0.3, -0.25) is 0 Å². The molecule has 3 aliphatic carbocycles. The second-order valence-electron chi connectivity index (χ2n) is 12.1. The number of fused-ring (bicyclic) bond motifs is 3. The summed E-state index contributed by atoms with van der Waals surface area (Å²) in [6.45, 7) is 12.2. The highest BCUT2D eigenvalue weighted by Gasteiger charge is 2.66. The third-order valence-electron chi connectivity index (χ3n) is 11.0. The molecule has 1 aromatic carbocycles. The number of carboxylic acid groups (broad SMARTS) is 1. The number of carbonyl (C=O) groups is 1. The van der Waals surface area contributed by atoms with Gasteiger partial charge in [-0.25, -0.2) is 4.79 Å². The molecule has 0 aromatic heterocycles. The number of aromatic hydroxyl groups is 1. The molecule has 4 nitrogen and oxygen atoms in total. The summed E-state index contributed by atoms with van der Waals surface area (Å²) in [4.78, 5) is 11.5. The Labute approximate surface area is 187 Å². The molecule has 31 heavy (non-hydrogen) atoms. The fraction of sp³-hybridized carbons (Fsp3) is 0.741. The Bertz CT molecular complexity index is 880. The zero-order valence-corrected chi connectivity index (χ0v) is 19.9. The number of hydrogen-bond donors (Lipinski definition) is 3. The van der Waals surface area contributed by atoms with Gasteiger partial charge in [-0.15, -0.1) is 0 Å². The summed E-state index contributed by atoms with van der Waals surface area (Å²) in [5.41, 5.74) is 1.38. The minimum atomic E-state index is -0.949. The molecule has 0 heterocycles. The molecule has 1 aromatic rings. The van der Waals surface area contributed by atoms with Crippen LogP contribution in [0.5, 0.6) is 5.75 Å². The van der Waals surface area contributed by atoms with Crippen molar-refractivity contribution in [2.24, 2.45) is 39.4 Å². The average molecular weight is 429 g/mol. The highest BCUT2D eigenvalue weighted by Crippen LogP contribution is 2.73. The maximum atomic E-state index is 11.5. The predicted octanol–water partition coefficient (Wildman–Crippen LogP) is 5.90. The van der Waals surface area contributed by atoms with E-state index in [-0.39, 0.29) is 39.6 Å². The van der Waals surface area contributed by atoms with E-state index in [9.17, 15) is 20.1 Å². The van der Waals surface area contributed by atoms with Crippen molar-refractivity contribution < 1.29 is 20.1 Å². The lowest BCUT2D eigenvalue weighted by Gasteiger charge is -2.65. The van der Waals surface area contributed by atoms with Crippen molar-refractivity contribution in [3.63, 3.8) is 0 Å². The smallest absolute Gasteiger partial charge is 0.335 e. The fourth-order valence-corrected chi connectivity index (χ4v) is 8.50. The number of hydrogen-bond acceptors (Lipinski definition) is 3. The Morgan fingerprint density at radius 1 is 1.03 bits per heavy atom. The molecule has 0 amide bonds. The van der Waals surface area contributed by atoms with Crippen LogP contribution in [-0.2, 0) is 6.42 Å². The van der Waals surface area contributed by atoms with Gasteiger partial charge in [0, 0.05) is 6.61 Å². The molecule has 7 atom stereocenters. The van der Waals surface area contributed by atoms with Crippen molar-refractivity contribution >= 4 is 5.97 Å². The fourth-order valence-electron chi connectivity index (χ4n) is 8.50. The highest BCUT2D eigenvalue weighted by molar-refractivity contribution is 5.88. The first-order valence-electron chi connectivity index (χ1n) is 12.1. The predicted molar refractivity (Wildman–Crippen MR) is 122 cm³/mol. The van der Waals surface area contributed by atoms with E-state index in [4.69, 9.17) is 0 Å². The molecule has 3 saturated carbocycles. The maximum absolute atomic E-state index is 11.5. The molecule has 0 unspecified atom stereocenters. The molecule has 172 valence electrons. The molecule has 0 bridgehead atoms. The standard InChI is InChI=1S/C27H40O4/c1-17-8-12-25(3)21(10-13-27(5)22(25)9-11-24(27,2)16-28)26(17,4)15-19-14-18(23(30)31)6-7-20(19)29/h6-7,14,17,21-22,28-29H,8-13,15-16H2,1-5H3,(H,30,31)/t17-,21+,22-,24+,25+,26-,27-/m0/s1. The number of phenolic OH excluding ortho intramolecular Hbond substituents is 1. The summed E-state index contributed by atoms with van der Waals surface area (Å²) >= 11 is 0. The van der Waals surface area contributed by atoms with Crippen LogP contribution in [0.1, 0.15) is 89.1 Å². The Balaban J connectivity index is 1.72. The number of benzene rings is 1. The van der Waals surface area contributed by atoms with Gasteiger partial charge >= 0.3 is 5.97 Å². The van der Waals surface area contributed by atoms with Gasteiger partial charge in [0.25, 0.3) is 0 Å². The van der Waals surface area contributed by atoms with Crippen LogP contribution in [0.15, 0.2) is 18.2 Å². The highest BCUT2D eigenvalue weighted by atomic mass is 16.4. The molecule has 4 rings (SSSR count). The Morgan fingerprint density at radius 2 is 1.71 bits per heavy atom. The van der Waals surface area contributed by atoms with Gasteiger partial charge in [0.05, 0.1) is 5.56 Å². The van der Waals surface area contributed by atoms with E-state index in [2.05, 4.69) is 34.6 Å². The third kappa shape index (κ3) is 3.08. The number of aliphatic hydroxyl groups is 1. The molecule has 3 N–H and O–H groups in total. The summed E-state index contributed by atoms with van der Waals surface area (Å²) in [7, 11) is 0. The largest absolute Gasteiger partial charge is 0.508 e. The zero-order chi connectivity index (χ0) is 22.8. The summed E-state index contributed by atoms with van der Waals surface area (Å²) in [5, 5.41) is 30.3. The Kier molecular flexibility index (Phi) is 5.28. The van der Waals surface area contributed by atoms with Crippen molar-refractivity contribution in [1.29, 1.82) is 0 Å². The van der Waals surface area contributed by atoms with Crippen molar-refractivity contribution in [2.75, 3.05) is 6.61 Å². The van der Waals surface area contributed by atoms with Crippen LogP contribution in [0.25, 0.3) is 0 Å². The van der Waals surface area contributed by atoms with Crippen LogP contribution in [0.2, 0.25) is 0 Å². The molecule has 0 saturated heterocycles. The van der Waals surface area contributed by atoms with Crippen LogP contribution in [0, 0.1) is 39.4 Å². The molecular weight excluding hydrogens is 388 g/mol. The van der Waals surface area contributed by atoms with Gasteiger partial charge in [0.15, 0.2) is 0 Å². The molecule has 3 aliphatic rings. The molecule has 0 spiro atoms. The minimum Gasteiger partial charge on any atom is -0.508 e. The Hall–Kier alpha value is -1.55. The third-order valence-corrected chi connectivity index (χ3v) is 11.0. The maximum Gasteiger partial charge on any atom is 0.335 e. The van der Waals surface area contributed by atoms with E-state index in [0.29, 0.717) is 24.2 Å². The quantitative estimate of drug-likeness (QED) is 0.558. The lowest BCUT2D eigenvalue weighted by molar-refractivity contribution is -0.166. The molecule has 4 heteroatoms. The van der Waals surface area contributed by atoms with Gasteiger partial charge in [-0.1, -0.05) is 34.6 Å². The first-order valence-corrected chi connectivity index (χ1v) is 12.1. The van der Waals surface area contributed by atoms with E-state index in [1.807, 2.05) is 0 Å². The second-order valence-corrected chi connectivity index (χ2v) is 12.1. The van der Waals surface area contributed by atoms with E-state index in [1.165, 1.54) is 25.0 Å². The monoisotopic (exact) mass is 428 g/mol. The number of carboxylic acids is 1. The van der Waals surface area contributed by atoms with Crippen LogP contribution in [0.4, 0.5) is 0 Å². The topological polar surface area (TPSA) is 77.8 Å². The number of aromatic carboxylic acids is 1. The van der Waals surface area contributed by atoms with Crippen LogP contribution < -0.4 is 0 Å². The molecular formula is C27H40O4. The molecule has 0 aliphatic heterocycles. The first kappa shape index (κ1) is 22.6. The number of aliphatic hydroxyl groups excluding tert-OH is 1. The van der Waals surface area contributed by atoms with Gasteiger partial charge in [-0.2, -0.15) is 0 Å². The van der Waals surface area contributed by atoms with Gasteiger partial charge in [-0.05, 0) is 108 Å². The molecule has 3 fully saturated rings. The number of rotatable bonds is 4. The van der Waals surface area contributed by atoms with Crippen molar-refractivity contribution in [3.05, 3.63) is 29.3 Å².